The van der Waals surface area contributed by atoms with Gasteiger partial charge in [0.15, 0.2) is 0 Å². The van der Waals surface area contributed by atoms with Gasteiger partial charge in [-0.25, -0.2) is 4.98 Å². The smallest absolute Gasteiger partial charge is 0.393 e. The number of aromatic nitrogens is 2. The van der Waals surface area contributed by atoms with Gasteiger partial charge in [-0.2, -0.15) is 13.2 Å². The summed E-state index contributed by atoms with van der Waals surface area (Å²) in [4.78, 5) is 16.3. The molecule has 0 aliphatic carbocycles. The molecule has 146 valence electrons. The molecule has 0 radical (unpaired) electrons. The highest BCUT2D eigenvalue weighted by Gasteiger charge is 2.27. The number of phenols is 1. The van der Waals surface area contributed by atoms with Crippen LogP contribution >= 0.6 is 0 Å². The highest BCUT2D eigenvalue weighted by atomic mass is 19.4. The second-order valence-electron chi connectivity index (χ2n) is 6.44. The number of imidazole rings is 1. The Kier molecular flexibility index (Phi) is 5.39. The molecule has 0 fully saturated rings. The number of nitrogens with zero attached hydrogens (tertiary/aromatic N) is 2. The van der Waals surface area contributed by atoms with Crippen LogP contribution in [0.2, 0.25) is 0 Å². The Morgan fingerprint density at radius 3 is 2.25 bits per heavy atom. The molecule has 1 aromatic heterocycles. The standard InChI is InChI=1S/C20H18F3N3O2/c21-20(22,23)12-14-1-5-15(6-2-14)19-25-9-10-26(19)17(18(24)28)11-13-3-7-16(27)8-4-13/h1-10,17,27H,11-12H2,(H2,24,28)/t17-/m0/s1. The van der Waals surface area contributed by atoms with Crippen LogP contribution in [0.1, 0.15) is 17.2 Å². The van der Waals surface area contributed by atoms with E-state index in [1.165, 1.54) is 30.5 Å². The van der Waals surface area contributed by atoms with Crippen molar-refractivity contribution in [1.29, 1.82) is 0 Å². The van der Waals surface area contributed by atoms with E-state index in [4.69, 9.17) is 5.73 Å². The summed E-state index contributed by atoms with van der Waals surface area (Å²) in [6.07, 6.45) is -1.89. The van der Waals surface area contributed by atoms with Gasteiger partial charge in [0.2, 0.25) is 5.91 Å². The Balaban J connectivity index is 1.88. The fourth-order valence-corrected chi connectivity index (χ4v) is 2.98. The molecule has 2 aromatic carbocycles. The third kappa shape index (κ3) is 4.70. The van der Waals surface area contributed by atoms with Crippen molar-refractivity contribution < 1.29 is 23.1 Å². The minimum Gasteiger partial charge on any atom is -0.508 e. The Labute approximate surface area is 159 Å². The Hall–Kier alpha value is -3.29. The van der Waals surface area contributed by atoms with Crippen molar-refractivity contribution in [2.45, 2.75) is 25.1 Å². The van der Waals surface area contributed by atoms with Crippen LogP contribution in [0, 0.1) is 0 Å². The number of carbonyl (C=O) groups excluding carboxylic acids is 1. The SMILES string of the molecule is NC(=O)[C@H](Cc1ccc(O)cc1)n1ccnc1-c1ccc(CC(F)(F)F)cc1. The molecule has 0 aliphatic rings. The van der Waals surface area contributed by atoms with Crippen LogP contribution < -0.4 is 5.73 Å². The zero-order valence-electron chi connectivity index (χ0n) is 14.7. The average Bonchev–Trinajstić information content (AvgIpc) is 3.09. The van der Waals surface area contributed by atoms with E-state index in [1.807, 2.05) is 0 Å². The lowest BCUT2D eigenvalue weighted by Crippen LogP contribution is -2.28. The zero-order chi connectivity index (χ0) is 20.3. The number of hydrogen-bond acceptors (Lipinski definition) is 3. The van der Waals surface area contributed by atoms with E-state index in [0.29, 0.717) is 11.4 Å². The molecule has 0 saturated carbocycles. The molecule has 3 aromatic rings. The number of benzene rings is 2. The van der Waals surface area contributed by atoms with Crippen LogP contribution in [0.5, 0.6) is 5.75 Å². The van der Waals surface area contributed by atoms with Gasteiger partial charge < -0.3 is 15.4 Å². The summed E-state index contributed by atoms with van der Waals surface area (Å²) in [7, 11) is 0. The monoisotopic (exact) mass is 389 g/mol. The molecule has 5 nitrogen and oxygen atoms in total. The number of halogens is 3. The number of rotatable bonds is 6. The molecule has 0 saturated heterocycles. The number of carbonyl (C=O) groups is 1. The molecule has 28 heavy (non-hydrogen) atoms. The molecular weight excluding hydrogens is 371 g/mol. The zero-order valence-corrected chi connectivity index (χ0v) is 14.7. The third-order valence-corrected chi connectivity index (χ3v) is 4.31. The summed E-state index contributed by atoms with van der Waals surface area (Å²) < 4.78 is 39.2. The first kappa shape index (κ1) is 19.5. The van der Waals surface area contributed by atoms with Crippen molar-refractivity contribution in [3.05, 3.63) is 72.1 Å². The van der Waals surface area contributed by atoms with Crippen LogP contribution in [0.25, 0.3) is 11.4 Å². The molecular formula is C20H18F3N3O2. The first-order valence-corrected chi connectivity index (χ1v) is 8.49. The van der Waals surface area contributed by atoms with Gasteiger partial charge in [-0.3, -0.25) is 4.79 Å². The molecule has 1 amide bonds. The Morgan fingerprint density at radius 1 is 1.07 bits per heavy atom. The van der Waals surface area contributed by atoms with Gasteiger partial charge in [0.1, 0.15) is 17.6 Å². The lowest BCUT2D eigenvalue weighted by Gasteiger charge is -2.18. The molecule has 3 N–H and O–H groups in total. The summed E-state index contributed by atoms with van der Waals surface area (Å²) in [5, 5.41) is 9.39. The maximum atomic E-state index is 12.5. The maximum Gasteiger partial charge on any atom is 0.393 e. The van der Waals surface area contributed by atoms with Crippen LogP contribution in [0.3, 0.4) is 0 Å². The van der Waals surface area contributed by atoms with Gasteiger partial charge in [0.05, 0.1) is 6.42 Å². The number of aromatic hydroxyl groups is 1. The van der Waals surface area contributed by atoms with E-state index in [2.05, 4.69) is 4.98 Å². The van der Waals surface area contributed by atoms with Crippen LogP contribution in [-0.2, 0) is 17.6 Å². The minimum absolute atomic E-state index is 0.113. The molecule has 1 heterocycles. The second-order valence-corrected chi connectivity index (χ2v) is 6.44. The summed E-state index contributed by atoms with van der Waals surface area (Å²) in [6.45, 7) is 0. The van der Waals surface area contributed by atoms with Crippen molar-refractivity contribution in [2.24, 2.45) is 5.73 Å². The van der Waals surface area contributed by atoms with E-state index in [0.717, 1.165) is 5.56 Å². The second kappa shape index (κ2) is 7.75. The summed E-state index contributed by atoms with van der Waals surface area (Å²) in [5.41, 5.74) is 7.10. The highest BCUT2D eigenvalue weighted by Crippen LogP contribution is 2.26. The fourth-order valence-electron chi connectivity index (χ4n) is 2.98. The number of primary amides is 1. The largest absolute Gasteiger partial charge is 0.508 e. The van der Waals surface area contributed by atoms with Crippen molar-refractivity contribution in [1.82, 2.24) is 9.55 Å². The van der Waals surface area contributed by atoms with E-state index in [1.54, 1.807) is 35.0 Å². The van der Waals surface area contributed by atoms with Gasteiger partial charge >= 0.3 is 6.18 Å². The van der Waals surface area contributed by atoms with Crippen molar-refractivity contribution in [3.8, 4) is 17.1 Å². The quantitative estimate of drug-likeness (QED) is 0.676. The van der Waals surface area contributed by atoms with E-state index in [9.17, 15) is 23.1 Å². The first-order valence-electron chi connectivity index (χ1n) is 8.49. The minimum atomic E-state index is -4.28. The predicted octanol–water partition coefficient (Wildman–Crippen LogP) is 3.63. The highest BCUT2D eigenvalue weighted by molar-refractivity contribution is 5.79. The molecule has 3 rings (SSSR count). The van der Waals surface area contributed by atoms with Gasteiger partial charge in [-0.1, -0.05) is 36.4 Å². The number of nitrogens with two attached hydrogens (primary N) is 1. The van der Waals surface area contributed by atoms with Gasteiger partial charge in [0.25, 0.3) is 0 Å². The van der Waals surface area contributed by atoms with Gasteiger partial charge in [-0.15, -0.1) is 0 Å². The average molecular weight is 389 g/mol. The fraction of sp³-hybridized carbons (Fsp3) is 0.200. The molecule has 0 bridgehead atoms. The lowest BCUT2D eigenvalue weighted by molar-refractivity contribution is -0.127. The predicted molar refractivity (Wildman–Crippen MR) is 97.5 cm³/mol. The normalized spacial score (nSPS) is 12.7. The summed E-state index contributed by atoms with van der Waals surface area (Å²) in [5.74, 6) is -0.0243. The first-order chi connectivity index (χ1) is 13.2. The number of hydrogen-bond donors (Lipinski definition) is 2. The summed E-state index contributed by atoms with van der Waals surface area (Å²) >= 11 is 0. The third-order valence-electron chi connectivity index (χ3n) is 4.31. The van der Waals surface area contributed by atoms with Crippen molar-refractivity contribution in [2.75, 3.05) is 0 Å². The topological polar surface area (TPSA) is 81.1 Å². The van der Waals surface area contributed by atoms with Crippen molar-refractivity contribution >= 4 is 5.91 Å². The molecule has 8 heteroatoms. The van der Waals surface area contributed by atoms with Gasteiger partial charge in [-0.05, 0) is 23.3 Å². The van der Waals surface area contributed by atoms with E-state index < -0.39 is 24.5 Å². The Bertz CT molecular complexity index is 948. The van der Waals surface area contributed by atoms with E-state index >= 15 is 0 Å². The molecule has 0 spiro atoms. The van der Waals surface area contributed by atoms with Crippen LogP contribution in [-0.4, -0.2) is 26.7 Å². The molecule has 0 unspecified atom stereocenters. The van der Waals surface area contributed by atoms with Crippen LogP contribution in [0.4, 0.5) is 13.2 Å². The number of alkyl halides is 3. The van der Waals surface area contributed by atoms with E-state index in [-0.39, 0.29) is 17.7 Å². The van der Waals surface area contributed by atoms with Crippen molar-refractivity contribution in [3.63, 3.8) is 0 Å². The lowest BCUT2D eigenvalue weighted by atomic mass is 10.0. The van der Waals surface area contributed by atoms with Gasteiger partial charge in [0, 0.05) is 24.4 Å². The maximum absolute atomic E-state index is 12.5. The summed E-state index contributed by atoms with van der Waals surface area (Å²) in [6, 6.07) is 11.5. The number of amides is 1. The molecule has 0 aliphatic heterocycles. The molecule has 1 atom stereocenters. The van der Waals surface area contributed by atoms with Crippen LogP contribution in [0.15, 0.2) is 60.9 Å². The number of phenolic OH excluding ortho intramolecular Hbond substituents is 1. The Morgan fingerprint density at radius 2 is 1.68 bits per heavy atom.